The number of benzene rings is 1. The average molecular weight is 281 g/mol. The predicted octanol–water partition coefficient (Wildman–Crippen LogP) is 3.23. The van der Waals surface area contributed by atoms with Crippen LogP contribution < -0.4 is 0 Å². The highest BCUT2D eigenvalue weighted by Gasteiger charge is 2.18. The lowest BCUT2D eigenvalue weighted by molar-refractivity contribution is 0.0932. The summed E-state index contributed by atoms with van der Waals surface area (Å²) in [5.74, 6) is -0.328. The summed E-state index contributed by atoms with van der Waals surface area (Å²) in [6.07, 6.45) is 5.66. The van der Waals surface area contributed by atoms with Crippen molar-refractivity contribution in [3.05, 3.63) is 35.6 Å². The van der Waals surface area contributed by atoms with Gasteiger partial charge in [-0.05, 0) is 50.7 Å². The first kappa shape index (κ1) is 14.5. The smallest absolute Gasteiger partial charge is 0.176 e. The van der Waals surface area contributed by atoms with Gasteiger partial charge in [0.15, 0.2) is 5.78 Å². The van der Waals surface area contributed by atoms with E-state index < -0.39 is 0 Å². The van der Waals surface area contributed by atoms with Gasteiger partial charge >= 0.3 is 0 Å². The average Bonchev–Trinajstić information content (AvgIpc) is 2.64. The summed E-state index contributed by atoms with van der Waals surface area (Å²) in [6, 6.07) is 5.97. The van der Waals surface area contributed by atoms with Crippen LogP contribution in [0, 0.1) is 5.82 Å². The number of carbonyl (C=O) groups is 1. The van der Waals surface area contributed by atoms with Crippen molar-refractivity contribution in [3.63, 3.8) is 0 Å². The van der Waals surface area contributed by atoms with Crippen LogP contribution in [-0.2, 0) is 0 Å². The normalized spacial score (nSPS) is 21.1. The zero-order valence-corrected chi connectivity index (χ0v) is 12.1. The monoisotopic (exact) mass is 281 g/mol. The number of carbonyl (C=O) groups excluding carboxylic acids is 1. The van der Waals surface area contributed by atoms with E-state index in [0.29, 0.717) is 17.4 Å². The Labute approximate surface area is 118 Å². The van der Waals surface area contributed by atoms with Crippen LogP contribution in [0.5, 0.6) is 0 Å². The molecular weight excluding hydrogens is 261 g/mol. The first-order chi connectivity index (χ1) is 9.19. The zero-order valence-electron chi connectivity index (χ0n) is 11.3. The molecule has 0 aliphatic carbocycles. The van der Waals surface area contributed by atoms with E-state index in [1.807, 2.05) is 11.8 Å². The Morgan fingerprint density at radius 1 is 1.42 bits per heavy atom. The summed E-state index contributed by atoms with van der Waals surface area (Å²) in [5, 5.41) is 0.717. The van der Waals surface area contributed by atoms with Crippen LogP contribution >= 0.6 is 11.8 Å². The fraction of sp³-hybridized carbons (Fsp3) is 0.533. The molecule has 0 amide bonds. The maximum absolute atomic E-state index is 13.1. The van der Waals surface area contributed by atoms with E-state index >= 15 is 0 Å². The first-order valence-electron chi connectivity index (χ1n) is 6.73. The molecule has 0 aromatic heterocycles. The number of halogens is 1. The Hall–Kier alpha value is -0.870. The highest BCUT2D eigenvalue weighted by molar-refractivity contribution is 7.99. The van der Waals surface area contributed by atoms with Crippen LogP contribution in [0.4, 0.5) is 4.39 Å². The number of Topliss-reactive ketones (excluding diaryl/α,β-unsaturated/α-hetero) is 1. The van der Waals surface area contributed by atoms with Gasteiger partial charge in [-0.25, -0.2) is 4.39 Å². The molecule has 19 heavy (non-hydrogen) atoms. The van der Waals surface area contributed by atoms with E-state index in [1.165, 1.54) is 18.6 Å². The lowest BCUT2D eigenvalue weighted by atomic mass is 10.1. The molecule has 1 atom stereocenters. The fourth-order valence-corrected chi connectivity index (χ4v) is 3.22. The van der Waals surface area contributed by atoms with E-state index in [9.17, 15) is 9.18 Å². The summed E-state index contributed by atoms with van der Waals surface area (Å²) in [5.41, 5.74) is 0.477. The Kier molecular flexibility index (Phi) is 5.40. The number of ketones is 1. The van der Waals surface area contributed by atoms with Gasteiger partial charge in [-0.3, -0.25) is 9.69 Å². The molecule has 0 bridgehead atoms. The maximum Gasteiger partial charge on any atom is 0.176 e. The molecule has 1 aliphatic rings. The summed E-state index contributed by atoms with van der Waals surface area (Å²) in [7, 11) is 0. The van der Waals surface area contributed by atoms with Crippen molar-refractivity contribution in [2.45, 2.75) is 24.5 Å². The molecule has 1 fully saturated rings. The molecule has 2 rings (SSSR count). The molecule has 0 saturated carbocycles. The summed E-state index contributed by atoms with van der Waals surface area (Å²) in [4.78, 5) is 14.3. The van der Waals surface area contributed by atoms with Gasteiger partial charge in [0.1, 0.15) is 5.82 Å². The Morgan fingerprint density at radius 3 is 3.00 bits per heavy atom. The van der Waals surface area contributed by atoms with Gasteiger partial charge in [0.25, 0.3) is 0 Å². The summed E-state index contributed by atoms with van der Waals surface area (Å²) < 4.78 is 13.1. The van der Waals surface area contributed by atoms with Gasteiger partial charge < -0.3 is 0 Å². The first-order valence-corrected chi connectivity index (χ1v) is 8.02. The van der Waals surface area contributed by atoms with Crippen molar-refractivity contribution in [3.8, 4) is 0 Å². The molecule has 0 spiro atoms. The van der Waals surface area contributed by atoms with Gasteiger partial charge in [-0.2, -0.15) is 11.8 Å². The molecule has 4 heteroatoms. The maximum atomic E-state index is 13.1. The van der Waals surface area contributed by atoms with E-state index in [-0.39, 0.29) is 11.6 Å². The van der Waals surface area contributed by atoms with Gasteiger partial charge in [0.05, 0.1) is 6.54 Å². The van der Waals surface area contributed by atoms with Crippen LogP contribution in [0.1, 0.15) is 29.6 Å². The Bertz CT molecular complexity index is 438. The Morgan fingerprint density at radius 2 is 2.26 bits per heavy atom. The number of nitrogens with zero attached hydrogens (tertiary/aromatic N) is 1. The second-order valence-corrected chi connectivity index (χ2v) is 6.14. The van der Waals surface area contributed by atoms with Gasteiger partial charge in [-0.15, -0.1) is 0 Å². The van der Waals surface area contributed by atoms with Gasteiger partial charge in [0.2, 0.25) is 0 Å². The summed E-state index contributed by atoms with van der Waals surface area (Å²) >= 11 is 1.92. The number of rotatable bonds is 4. The minimum atomic E-state index is -0.343. The zero-order chi connectivity index (χ0) is 13.7. The van der Waals surface area contributed by atoms with Crippen LogP contribution in [0.3, 0.4) is 0 Å². The molecule has 0 radical (unpaired) electrons. The Balaban J connectivity index is 1.92. The van der Waals surface area contributed by atoms with Crippen LogP contribution in [0.2, 0.25) is 0 Å². The fourth-order valence-electron chi connectivity index (χ4n) is 2.48. The molecule has 1 heterocycles. The second-order valence-electron chi connectivity index (χ2n) is 5.00. The minimum Gasteiger partial charge on any atom is -0.296 e. The molecule has 1 unspecified atom stereocenters. The molecule has 1 aliphatic heterocycles. The van der Waals surface area contributed by atoms with Gasteiger partial charge in [0, 0.05) is 10.8 Å². The minimum absolute atomic E-state index is 0.0158. The van der Waals surface area contributed by atoms with E-state index in [0.717, 1.165) is 25.9 Å². The quantitative estimate of drug-likeness (QED) is 0.790. The third-order valence-electron chi connectivity index (χ3n) is 3.61. The predicted molar refractivity (Wildman–Crippen MR) is 78.3 cm³/mol. The number of likely N-dealkylation sites (tertiary alicyclic amines) is 1. The van der Waals surface area contributed by atoms with E-state index in [2.05, 4.69) is 11.2 Å². The molecule has 104 valence electrons. The van der Waals surface area contributed by atoms with Crippen molar-refractivity contribution >= 4 is 17.5 Å². The van der Waals surface area contributed by atoms with Crippen LogP contribution in [0.15, 0.2) is 24.3 Å². The molecule has 1 aromatic rings. The second kappa shape index (κ2) is 7.06. The molecule has 2 nitrogen and oxygen atoms in total. The molecular formula is C15H20FNOS. The molecule has 1 saturated heterocycles. The van der Waals surface area contributed by atoms with Crippen LogP contribution in [-0.4, -0.2) is 41.8 Å². The van der Waals surface area contributed by atoms with E-state index in [1.54, 1.807) is 12.1 Å². The van der Waals surface area contributed by atoms with Crippen molar-refractivity contribution in [2.75, 3.05) is 25.9 Å². The summed E-state index contributed by atoms with van der Waals surface area (Å²) in [6.45, 7) is 2.34. The van der Waals surface area contributed by atoms with Crippen molar-refractivity contribution in [2.24, 2.45) is 0 Å². The van der Waals surface area contributed by atoms with Gasteiger partial charge in [-0.1, -0.05) is 12.1 Å². The van der Waals surface area contributed by atoms with E-state index in [4.69, 9.17) is 0 Å². The standard InChI is InChI=1S/C15H20FNOS/c1-19-14-6-3-8-17(9-7-14)11-15(18)12-4-2-5-13(16)10-12/h2,4-5,10,14H,3,6-9,11H2,1H3. The SMILES string of the molecule is CSC1CCCN(CC(=O)c2cccc(F)c2)CC1. The van der Waals surface area contributed by atoms with Crippen molar-refractivity contribution < 1.29 is 9.18 Å². The van der Waals surface area contributed by atoms with Crippen molar-refractivity contribution in [1.82, 2.24) is 4.90 Å². The third-order valence-corrected chi connectivity index (χ3v) is 4.75. The van der Waals surface area contributed by atoms with Crippen molar-refractivity contribution in [1.29, 1.82) is 0 Å². The number of thioether (sulfide) groups is 1. The number of hydrogen-bond acceptors (Lipinski definition) is 3. The number of hydrogen-bond donors (Lipinski definition) is 0. The topological polar surface area (TPSA) is 20.3 Å². The molecule has 1 aromatic carbocycles. The largest absolute Gasteiger partial charge is 0.296 e. The third kappa shape index (κ3) is 4.32. The lowest BCUT2D eigenvalue weighted by Crippen LogP contribution is -2.31. The van der Waals surface area contributed by atoms with Crippen LogP contribution in [0.25, 0.3) is 0 Å². The highest BCUT2D eigenvalue weighted by Crippen LogP contribution is 2.21. The lowest BCUT2D eigenvalue weighted by Gasteiger charge is -2.19. The highest BCUT2D eigenvalue weighted by atomic mass is 32.2. The molecule has 0 N–H and O–H groups in total.